The van der Waals surface area contributed by atoms with E-state index >= 15 is 0 Å². The quantitative estimate of drug-likeness (QED) is 0.296. The highest BCUT2D eigenvalue weighted by Crippen LogP contribution is 2.64. The van der Waals surface area contributed by atoms with Crippen molar-refractivity contribution in [1.29, 1.82) is 0 Å². The lowest BCUT2D eigenvalue weighted by Crippen LogP contribution is -2.50. The number of fused-ring (bicyclic) bond motifs is 5. The highest BCUT2D eigenvalue weighted by Gasteiger charge is 2.57. The maximum Gasteiger partial charge on any atom is 0.417 e. The first kappa shape index (κ1) is 22.8. The Bertz CT molecular complexity index is 1010. The molecular weight excluding hydrogens is 425 g/mol. The molecule has 0 bridgehead atoms. The number of hydrogen-bond acceptors (Lipinski definition) is 3. The van der Waals surface area contributed by atoms with Crippen LogP contribution in [0, 0.1) is 28.6 Å². The minimum Gasteiger partial charge on any atom is -0.393 e. The summed E-state index contributed by atoms with van der Waals surface area (Å²) in [5.41, 5.74) is 2.05. The van der Waals surface area contributed by atoms with Crippen LogP contribution in [0.3, 0.4) is 0 Å². The Morgan fingerprint density at radius 1 is 1.03 bits per heavy atom. The van der Waals surface area contributed by atoms with Crippen molar-refractivity contribution in [2.45, 2.75) is 77.5 Å². The van der Waals surface area contributed by atoms with E-state index in [-0.39, 0.29) is 22.5 Å². The average molecular weight is 459 g/mol. The van der Waals surface area contributed by atoms with Crippen LogP contribution < -0.4 is 0 Å². The van der Waals surface area contributed by atoms with Crippen LogP contribution in [0.15, 0.2) is 46.1 Å². The van der Waals surface area contributed by atoms with Gasteiger partial charge in [-0.25, -0.2) is 0 Å². The van der Waals surface area contributed by atoms with Gasteiger partial charge in [0.2, 0.25) is 0 Å². The number of rotatable bonds is 2. The van der Waals surface area contributed by atoms with Crippen LogP contribution in [0.4, 0.5) is 13.2 Å². The third-order valence-corrected chi connectivity index (χ3v) is 9.46. The van der Waals surface area contributed by atoms with E-state index in [1.165, 1.54) is 23.9 Å². The largest absolute Gasteiger partial charge is 0.417 e. The molecule has 0 saturated heterocycles. The summed E-state index contributed by atoms with van der Waals surface area (Å²) in [6.45, 7) is 4.71. The van der Waals surface area contributed by atoms with Gasteiger partial charge in [0.15, 0.2) is 0 Å². The molecule has 3 fully saturated rings. The van der Waals surface area contributed by atoms with E-state index in [2.05, 4.69) is 30.1 Å². The lowest BCUT2D eigenvalue weighted by molar-refractivity contribution is -0.137. The molecule has 3 saturated carbocycles. The fourth-order valence-corrected chi connectivity index (χ4v) is 7.62. The third-order valence-electron chi connectivity index (χ3n) is 9.46. The molecule has 6 heteroatoms. The maximum absolute atomic E-state index is 13.3. The zero-order valence-electron chi connectivity index (χ0n) is 19.4. The fourth-order valence-electron chi connectivity index (χ4n) is 7.62. The molecule has 33 heavy (non-hydrogen) atoms. The summed E-state index contributed by atoms with van der Waals surface area (Å²) in [7, 11) is 0. The number of aliphatic hydroxyl groups excluding tert-OH is 1. The van der Waals surface area contributed by atoms with Gasteiger partial charge in [-0.3, -0.25) is 0 Å². The van der Waals surface area contributed by atoms with Crippen molar-refractivity contribution in [2.75, 3.05) is 0 Å². The number of halogens is 3. The zero-order valence-corrected chi connectivity index (χ0v) is 19.4. The molecule has 0 amide bonds. The Hall–Kier alpha value is -1.95. The lowest BCUT2D eigenvalue weighted by atomic mass is 9.48. The van der Waals surface area contributed by atoms with Gasteiger partial charge < -0.3 is 5.11 Å². The fraction of sp³-hybridized carbons (Fsp3) is 0.630. The van der Waals surface area contributed by atoms with E-state index in [1.807, 2.05) is 0 Å². The first-order chi connectivity index (χ1) is 15.6. The predicted octanol–water partition coefficient (Wildman–Crippen LogP) is 6.80. The normalized spacial score (nSPS) is 39.8. The van der Waals surface area contributed by atoms with Gasteiger partial charge in [-0.2, -0.15) is 23.4 Å². The van der Waals surface area contributed by atoms with Gasteiger partial charge >= 0.3 is 6.18 Å². The molecule has 0 unspecified atom stereocenters. The highest BCUT2D eigenvalue weighted by molar-refractivity contribution is 5.93. The minimum absolute atomic E-state index is 0.0298. The molecule has 1 aromatic carbocycles. The summed E-state index contributed by atoms with van der Waals surface area (Å²) < 4.78 is 39.8. The van der Waals surface area contributed by atoms with Gasteiger partial charge in [-0.1, -0.05) is 43.7 Å². The number of nitrogens with zero attached hydrogens (tertiary/aromatic N) is 2. The average Bonchev–Trinajstić information content (AvgIpc) is 3.10. The van der Waals surface area contributed by atoms with Gasteiger partial charge in [0.05, 0.1) is 17.9 Å². The van der Waals surface area contributed by atoms with E-state index in [4.69, 9.17) is 0 Å². The molecule has 5 rings (SSSR count). The molecule has 3 nitrogen and oxygen atoms in total. The zero-order chi connectivity index (χ0) is 23.4. The first-order valence-corrected chi connectivity index (χ1v) is 12.3. The highest BCUT2D eigenvalue weighted by atomic mass is 19.4. The van der Waals surface area contributed by atoms with Crippen LogP contribution in [0.2, 0.25) is 0 Å². The summed E-state index contributed by atoms with van der Waals surface area (Å²) in [6, 6.07) is 5.50. The number of benzene rings is 1. The third kappa shape index (κ3) is 3.78. The SMILES string of the molecule is C[C@]12CC[C@@H](O)CC1=CC[C@H]1[C@H]2CC[C@]2(C)/C(=N\N=C/c3ccccc3C(F)(F)F)CC[C@@H]12. The molecule has 0 spiro atoms. The Labute approximate surface area is 193 Å². The molecule has 4 aliphatic rings. The smallest absolute Gasteiger partial charge is 0.393 e. The summed E-state index contributed by atoms with van der Waals surface area (Å²) in [6.07, 6.45) is 7.05. The molecular formula is C27H33F3N2O. The summed E-state index contributed by atoms with van der Waals surface area (Å²) in [5.74, 6) is 1.79. The maximum atomic E-state index is 13.3. The standard InChI is InChI=1S/C27H33F3N2O/c1-25-13-11-19(33)15-18(25)7-8-20-22-9-10-24(26(22,2)14-12-23(20)25)32-31-16-17-5-3-4-6-21(17)27(28,29)30/h3-7,16,19-20,22-23,33H,8-15H2,1-2H3/b31-16-,32-24-/t19-,20-,22+,23-,25+,26+/m1/s1. The second-order valence-corrected chi connectivity index (χ2v) is 11.0. The van der Waals surface area contributed by atoms with Crippen molar-refractivity contribution in [3.8, 4) is 0 Å². The van der Waals surface area contributed by atoms with Crippen molar-refractivity contribution in [2.24, 2.45) is 38.8 Å². The van der Waals surface area contributed by atoms with Crippen LogP contribution in [0.25, 0.3) is 0 Å². The first-order valence-electron chi connectivity index (χ1n) is 12.3. The topological polar surface area (TPSA) is 45.0 Å². The van der Waals surface area contributed by atoms with Crippen molar-refractivity contribution in [1.82, 2.24) is 0 Å². The Morgan fingerprint density at radius 2 is 1.76 bits per heavy atom. The van der Waals surface area contributed by atoms with E-state index in [1.54, 1.807) is 6.07 Å². The minimum atomic E-state index is -4.41. The molecule has 1 aromatic rings. The lowest BCUT2D eigenvalue weighted by Gasteiger charge is -2.57. The van der Waals surface area contributed by atoms with Crippen LogP contribution in [-0.4, -0.2) is 23.1 Å². The molecule has 1 N–H and O–H groups in total. The Kier molecular flexibility index (Phi) is 5.58. The number of allylic oxidation sites excluding steroid dienone is 1. The van der Waals surface area contributed by atoms with Gasteiger partial charge in [-0.05, 0) is 80.6 Å². The number of hydrogen-bond donors (Lipinski definition) is 1. The van der Waals surface area contributed by atoms with Crippen molar-refractivity contribution < 1.29 is 18.3 Å². The van der Waals surface area contributed by atoms with Gasteiger partial charge in [-0.15, -0.1) is 0 Å². The van der Waals surface area contributed by atoms with Crippen LogP contribution in [0.1, 0.15) is 76.3 Å². The van der Waals surface area contributed by atoms with Gasteiger partial charge in [0.25, 0.3) is 0 Å². The van der Waals surface area contributed by atoms with Crippen LogP contribution in [0.5, 0.6) is 0 Å². The number of aliphatic hydroxyl groups is 1. The molecule has 0 radical (unpaired) electrons. The molecule has 0 heterocycles. The van der Waals surface area contributed by atoms with Gasteiger partial charge in [0, 0.05) is 16.7 Å². The second-order valence-electron chi connectivity index (χ2n) is 11.0. The summed E-state index contributed by atoms with van der Waals surface area (Å²) in [4.78, 5) is 0. The Balaban J connectivity index is 1.38. The Morgan fingerprint density at radius 3 is 2.55 bits per heavy atom. The molecule has 0 aliphatic heterocycles. The van der Waals surface area contributed by atoms with E-state index in [9.17, 15) is 18.3 Å². The van der Waals surface area contributed by atoms with Gasteiger partial charge in [0.1, 0.15) is 0 Å². The monoisotopic (exact) mass is 458 g/mol. The summed E-state index contributed by atoms with van der Waals surface area (Å²) in [5, 5.41) is 18.8. The van der Waals surface area contributed by atoms with E-state index < -0.39 is 11.7 Å². The van der Waals surface area contributed by atoms with Crippen molar-refractivity contribution in [3.63, 3.8) is 0 Å². The van der Waals surface area contributed by atoms with Crippen molar-refractivity contribution >= 4 is 11.9 Å². The van der Waals surface area contributed by atoms with E-state index in [0.29, 0.717) is 17.8 Å². The van der Waals surface area contributed by atoms with Crippen molar-refractivity contribution in [3.05, 3.63) is 47.0 Å². The second kappa shape index (κ2) is 8.07. The molecule has 178 valence electrons. The van der Waals surface area contributed by atoms with Crippen LogP contribution in [-0.2, 0) is 6.18 Å². The van der Waals surface area contributed by atoms with Crippen LogP contribution >= 0.6 is 0 Å². The molecule has 4 aliphatic carbocycles. The molecule has 6 atom stereocenters. The van der Waals surface area contributed by atoms with E-state index in [0.717, 1.165) is 63.1 Å². The number of alkyl halides is 3. The summed E-state index contributed by atoms with van der Waals surface area (Å²) >= 11 is 0. The predicted molar refractivity (Wildman–Crippen MR) is 124 cm³/mol. The molecule has 0 aromatic heterocycles.